The number of benzene rings is 2. The molecule has 0 aliphatic rings. The van der Waals surface area contributed by atoms with E-state index < -0.39 is 0 Å². The van der Waals surface area contributed by atoms with E-state index in [2.05, 4.69) is 61.2 Å². The van der Waals surface area contributed by atoms with Gasteiger partial charge in [0.25, 0.3) is 0 Å². The highest BCUT2D eigenvalue weighted by Crippen LogP contribution is 2.16. The lowest BCUT2D eigenvalue weighted by Crippen LogP contribution is -2.12. The van der Waals surface area contributed by atoms with Gasteiger partial charge in [0.15, 0.2) is 0 Å². The summed E-state index contributed by atoms with van der Waals surface area (Å²) in [4.78, 5) is 0. The highest BCUT2D eigenvalue weighted by Gasteiger charge is 2.07. The van der Waals surface area contributed by atoms with E-state index in [0.717, 1.165) is 12.8 Å². The average molecular weight is 365 g/mol. The van der Waals surface area contributed by atoms with Crippen molar-refractivity contribution >= 4 is 0 Å². The minimum atomic E-state index is 0.313. The topological polar surface area (TPSA) is 9.23 Å². The minimum absolute atomic E-state index is 0.313. The van der Waals surface area contributed by atoms with Gasteiger partial charge in [-0.15, -0.1) is 6.58 Å². The second-order valence-electron chi connectivity index (χ2n) is 7.44. The summed E-state index contributed by atoms with van der Waals surface area (Å²) in [5, 5.41) is 0. The summed E-state index contributed by atoms with van der Waals surface area (Å²) in [5.74, 6) is 0. The van der Waals surface area contributed by atoms with Gasteiger partial charge >= 0.3 is 0 Å². The first-order chi connectivity index (χ1) is 13.4. The fourth-order valence-electron chi connectivity index (χ4n) is 3.47. The van der Waals surface area contributed by atoms with Gasteiger partial charge in [-0.2, -0.15) is 0 Å². The molecule has 0 aromatic heterocycles. The maximum Gasteiger partial charge on any atom is 0.0720 e. The minimum Gasteiger partial charge on any atom is -0.373 e. The molecule has 2 rings (SSSR count). The fraction of sp³-hybridized carbons (Fsp3) is 0.462. The van der Waals surface area contributed by atoms with Crippen molar-refractivity contribution in [2.24, 2.45) is 0 Å². The maximum atomic E-state index is 6.10. The molecule has 0 radical (unpaired) electrons. The molecule has 1 nitrogen and oxygen atoms in total. The highest BCUT2D eigenvalue weighted by atomic mass is 16.5. The van der Waals surface area contributed by atoms with Crippen LogP contribution < -0.4 is 0 Å². The van der Waals surface area contributed by atoms with Crippen molar-refractivity contribution in [3.63, 3.8) is 0 Å². The second-order valence-corrected chi connectivity index (χ2v) is 7.44. The predicted molar refractivity (Wildman–Crippen MR) is 117 cm³/mol. The number of hydrogen-bond acceptors (Lipinski definition) is 1. The van der Waals surface area contributed by atoms with Gasteiger partial charge in [0, 0.05) is 0 Å². The molecule has 0 aliphatic carbocycles. The summed E-state index contributed by atoms with van der Waals surface area (Å²) >= 11 is 0. The number of unbranched alkanes of at least 4 members (excludes halogenated alkanes) is 6. The number of hydrogen-bond donors (Lipinski definition) is 0. The molecule has 0 spiro atoms. The van der Waals surface area contributed by atoms with Crippen molar-refractivity contribution in [3.05, 3.63) is 84.4 Å². The van der Waals surface area contributed by atoms with Crippen molar-refractivity contribution in [3.8, 4) is 0 Å². The third kappa shape index (κ3) is 10.2. The van der Waals surface area contributed by atoms with Gasteiger partial charge in [0.05, 0.1) is 12.7 Å². The summed E-state index contributed by atoms with van der Waals surface area (Å²) in [6, 6.07) is 21.3. The fourth-order valence-corrected chi connectivity index (χ4v) is 3.47. The highest BCUT2D eigenvalue weighted by molar-refractivity contribution is 5.14. The van der Waals surface area contributed by atoms with E-state index in [9.17, 15) is 0 Å². The number of aryl methyl sites for hydroxylation is 1. The zero-order valence-corrected chi connectivity index (χ0v) is 16.8. The molecule has 0 fully saturated rings. The van der Waals surface area contributed by atoms with Crippen LogP contribution in [0, 0.1) is 0 Å². The van der Waals surface area contributed by atoms with Crippen LogP contribution >= 0.6 is 0 Å². The average Bonchev–Trinajstić information content (AvgIpc) is 2.72. The summed E-state index contributed by atoms with van der Waals surface area (Å²) < 4.78 is 6.10. The van der Waals surface area contributed by atoms with Crippen LogP contribution in [-0.4, -0.2) is 6.10 Å². The Morgan fingerprint density at radius 2 is 1.26 bits per heavy atom. The summed E-state index contributed by atoms with van der Waals surface area (Å²) in [5.41, 5.74) is 2.73. The van der Waals surface area contributed by atoms with E-state index in [0.29, 0.717) is 12.7 Å². The molecule has 1 atom stereocenters. The predicted octanol–water partition coefficient (Wildman–Crippen LogP) is 7.51. The molecule has 2 aromatic carbocycles. The third-order valence-electron chi connectivity index (χ3n) is 5.09. The normalized spacial score (nSPS) is 12.0. The van der Waals surface area contributed by atoms with E-state index in [1.54, 1.807) is 0 Å². The summed E-state index contributed by atoms with van der Waals surface area (Å²) in [6.45, 7) is 4.59. The van der Waals surface area contributed by atoms with Crippen molar-refractivity contribution in [1.29, 1.82) is 0 Å². The molecule has 0 heterocycles. The Bertz CT molecular complexity index is 590. The van der Waals surface area contributed by atoms with Gasteiger partial charge < -0.3 is 4.74 Å². The van der Waals surface area contributed by atoms with Gasteiger partial charge in [-0.3, -0.25) is 0 Å². The van der Waals surface area contributed by atoms with Gasteiger partial charge in [0.2, 0.25) is 0 Å². The molecule has 0 N–H and O–H groups in total. The van der Waals surface area contributed by atoms with Gasteiger partial charge in [-0.1, -0.05) is 105 Å². The Morgan fingerprint density at radius 3 is 1.89 bits per heavy atom. The lowest BCUT2D eigenvalue weighted by molar-refractivity contribution is 0.0354. The molecule has 2 aromatic rings. The third-order valence-corrected chi connectivity index (χ3v) is 5.09. The molecule has 1 unspecified atom stereocenters. The van der Waals surface area contributed by atoms with Crippen LogP contribution in [0.1, 0.15) is 68.9 Å². The maximum absolute atomic E-state index is 6.10. The molecule has 146 valence electrons. The Hall–Kier alpha value is -1.86. The zero-order valence-electron chi connectivity index (χ0n) is 16.8. The van der Waals surface area contributed by atoms with Crippen LogP contribution in [0.15, 0.2) is 73.3 Å². The SMILES string of the molecule is C=CCC(CCCCCCCCCc1ccccc1)OCc1ccccc1. The summed E-state index contributed by atoms with van der Waals surface area (Å²) in [6.07, 6.45) is 15.0. The Balaban J connectivity index is 1.47. The number of rotatable bonds is 15. The smallest absolute Gasteiger partial charge is 0.0720 e. The van der Waals surface area contributed by atoms with E-state index >= 15 is 0 Å². The van der Waals surface area contributed by atoms with Crippen molar-refractivity contribution < 1.29 is 4.74 Å². The molecule has 0 bridgehead atoms. The Morgan fingerprint density at radius 1 is 0.704 bits per heavy atom. The van der Waals surface area contributed by atoms with Crippen LogP contribution in [0.3, 0.4) is 0 Å². The van der Waals surface area contributed by atoms with Crippen LogP contribution in [-0.2, 0) is 17.8 Å². The van der Waals surface area contributed by atoms with Gasteiger partial charge in [0.1, 0.15) is 0 Å². The van der Waals surface area contributed by atoms with Crippen LogP contribution in [0.25, 0.3) is 0 Å². The Labute approximate surface area is 166 Å². The van der Waals surface area contributed by atoms with Gasteiger partial charge in [-0.25, -0.2) is 0 Å². The second kappa shape index (κ2) is 14.2. The van der Waals surface area contributed by atoms with E-state index in [-0.39, 0.29) is 0 Å². The summed E-state index contributed by atoms with van der Waals surface area (Å²) in [7, 11) is 0. The monoisotopic (exact) mass is 364 g/mol. The first-order valence-corrected chi connectivity index (χ1v) is 10.7. The van der Waals surface area contributed by atoms with Crippen molar-refractivity contribution in [2.75, 3.05) is 0 Å². The van der Waals surface area contributed by atoms with Crippen LogP contribution in [0.5, 0.6) is 0 Å². The standard InChI is InChI=1S/C26H36O/c1-2-16-26(27-23-25-20-13-9-14-21-25)22-15-7-5-3-4-6-10-17-24-18-11-8-12-19-24/h2,8-9,11-14,18-21,26H,1,3-7,10,15-17,22-23H2. The molecule has 0 saturated carbocycles. The van der Waals surface area contributed by atoms with Crippen molar-refractivity contribution in [2.45, 2.75) is 76.9 Å². The van der Waals surface area contributed by atoms with Crippen LogP contribution in [0.2, 0.25) is 0 Å². The molecule has 27 heavy (non-hydrogen) atoms. The number of ether oxygens (including phenoxy) is 1. The van der Waals surface area contributed by atoms with E-state index in [1.165, 1.54) is 62.5 Å². The quantitative estimate of drug-likeness (QED) is 0.235. The molecule has 1 heteroatoms. The molecule has 0 amide bonds. The zero-order chi connectivity index (χ0) is 19.0. The lowest BCUT2D eigenvalue weighted by atomic mass is 10.0. The first kappa shape index (κ1) is 21.4. The lowest BCUT2D eigenvalue weighted by Gasteiger charge is -2.16. The molecular weight excluding hydrogens is 328 g/mol. The first-order valence-electron chi connectivity index (χ1n) is 10.7. The van der Waals surface area contributed by atoms with Crippen molar-refractivity contribution in [1.82, 2.24) is 0 Å². The molecule has 0 saturated heterocycles. The molecular formula is C26H36O. The van der Waals surface area contributed by atoms with Crippen LogP contribution in [0.4, 0.5) is 0 Å². The van der Waals surface area contributed by atoms with Gasteiger partial charge in [-0.05, 0) is 36.8 Å². The van der Waals surface area contributed by atoms with E-state index in [4.69, 9.17) is 4.74 Å². The largest absolute Gasteiger partial charge is 0.373 e. The molecule has 0 aliphatic heterocycles. The van der Waals surface area contributed by atoms with E-state index in [1.807, 2.05) is 12.1 Å². The Kier molecular flexibility index (Phi) is 11.3.